The molecule has 0 radical (unpaired) electrons. The van der Waals surface area contributed by atoms with Crippen LogP contribution in [0.3, 0.4) is 0 Å². The minimum atomic E-state index is -0.0562. The molecule has 0 unspecified atom stereocenters. The van der Waals surface area contributed by atoms with Crippen LogP contribution in [-0.4, -0.2) is 37.1 Å². The van der Waals surface area contributed by atoms with E-state index in [-0.39, 0.29) is 30.8 Å². The van der Waals surface area contributed by atoms with Gasteiger partial charge in [-0.15, -0.1) is 0 Å². The first kappa shape index (κ1) is 15.3. The third kappa shape index (κ3) is 5.49. The number of nitrogens with one attached hydrogen (secondary N) is 2. The van der Waals surface area contributed by atoms with E-state index in [1.807, 2.05) is 0 Å². The van der Waals surface area contributed by atoms with Crippen molar-refractivity contribution in [2.45, 2.75) is 69.9 Å². The van der Waals surface area contributed by atoms with Gasteiger partial charge in [0.05, 0.1) is 6.10 Å². The van der Waals surface area contributed by atoms with Crippen LogP contribution in [0, 0.1) is 0 Å². The van der Waals surface area contributed by atoms with E-state index in [1.54, 1.807) is 0 Å². The molecule has 2 amide bonds. The first-order valence-electron chi connectivity index (χ1n) is 7.91. The van der Waals surface area contributed by atoms with Crippen molar-refractivity contribution in [3.63, 3.8) is 0 Å². The maximum Gasteiger partial charge on any atom is 0.220 e. The molecule has 114 valence electrons. The molecule has 2 aliphatic rings. The number of ether oxygens (including phenoxy) is 1. The van der Waals surface area contributed by atoms with E-state index in [1.165, 1.54) is 19.3 Å². The molecule has 0 bridgehead atoms. The molecule has 1 saturated heterocycles. The summed E-state index contributed by atoms with van der Waals surface area (Å²) >= 11 is 0. The molecular formula is C15H26N2O3. The summed E-state index contributed by atoms with van der Waals surface area (Å²) < 4.78 is 5.44. The van der Waals surface area contributed by atoms with E-state index in [0.29, 0.717) is 12.6 Å². The van der Waals surface area contributed by atoms with Gasteiger partial charge in [0.2, 0.25) is 11.8 Å². The molecule has 1 atom stereocenters. The van der Waals surface area contributed by atoms with Gasteiger partial charge < -0.3 is 15.4 Å². The minimum Gasteiger partial charge on any atom is -0.376 e. The third-order valence-corrected chi connectivity index (χ3v) is 4.10. The van der Waals surface area contributed by atoms with Gasteiger partial charge >= 0.3 is 0 Å². The number of carbonyl (C=O) groups is 2. The molecule has 1 saturated carbocycles. The second kappa shape index (κ2) is 8.25. The fraction of sp³-hybridized carbons (Fsp3) is 0.867. The molecular weight excluding hydrogens is 256 g/mol. The quantitative estimate of drug-likeness (QED) is 0.776. The van der Waals surface area contributed by atoms with Gasteiger partial charge in [-0.05, 0) is 25.7 Å². The van der Waals surface area contributed by atoms with Gasteiger partial charge in [-0.2, -0.15) is 0 Å². The predicted molar refractivity (Wildman–Crippen MR) is 76.2 cm³/mol. The lowest BCUT2D eigenvalue weighted by Gasteiger charge is -2.22. The molecule has 5 nitrogen and oxygen atoms in total. The zero-order valence-electron chi connectivity index (χ0n) is 12.2. The average molecular weight is 282 g/mol. The molecule has 2 N–H and O–H groups in total. The highest BCUT2D eigenvalue weighted by Crippen LogP contribution is 2.17. The molecule has 5 heteroatoms. The van der Waals surface area contributed by atoms with Crippen LogP contribution in [0.15, 0.2) is 0 Å². The van der Waals surface area contributed by atoms with E-state index in [0.717, 1.165) is 32.3 Å². The van der Waals surface area contributed by atoms with Gasteiger partial charge in [-0.3, -0.25) is 9.59 Å². The highest BCUT2D eigenvalue weighted by atomic mass is 16.5. The molecule has 2 rings (SSSR count). The fourth-order valence-corrected chi connectivity index (χ4v) is 2.90. The Morgan fingerprint density at radius 1 is 0.950 bits per heavy atom. The van der Waals surface area contributed by atoms with Gasteiger partial charge in [-0.25, -0.2) is 0 Å². The second-order valence-corrected chi connectivity index (χ2v) is 5.84. The lowest BCUT2D eigenvalue weighted by molar-refractivity contribution is -0.127. The minimum absolute atomic E-state index is 0.00386. The first-order valence-corrected chi connectivity index (χ1v) is 7.91. The van der Waals surface area contributed by atoms with Gasteiger partial charge in [0, 0.05) is 32.0 Å². The standard InChI is InChI=1S/C15H26N2O3/c18-14(16-11-13-7-4-10-20-13)8-9-15(19)17-12-5-2-1-3-6-12/h12-13H,1-11H2,(H,16,18)(H,17,19)/t13-/m1/s1. The van der Waals surface area contributed by atoms with Crippen LogP contribution in [-0.2, 0) is 14.3 Å². The van der Waals surface area contributed by atoms with Crippen molar-refractivity contribution in [1.29, 1.82) is 0 Å². The Morgan fingerprint density at radius 3 is 2.40 bits per heavy atom. The Hall–Kier alpha value is -1.10. The summed E-state index contributed by atoms with van der Waals surface area (Å²) in [5.74, 6) is -0.0524. The number of carbonyl (C=O) groups excluding carboxylic acids is 2. The number of rotatable bonds is 6. The number of hydrogen-bond acceptors (Lipinski definition) is 3. The lowest BCUT2D eigenvalue weighted by Crippen LogP contribution is -2.37. The molecule has 0 aromatic rings. The molecule has 20 heavy (non-hydrogen) atoms. The monoisotopic (exact) mass is 282 g/mol. The van der Waals surface area contributed by atoms with Gasteiger partial charge in [0.15, 0.2) is 0 Å². The Bertz CT molecular complexity index is 321. The predicted octanol–water partition coefficient (Wildman–Crippen LogP) is 1.51. The van der Waals surface area contributed by atoms with Crippen LogP contribution >= 0.6 is 0 Å². The van der Waals surface area contributed by atoms with E-state index < -0.39 is 0 Å². The van der Waals surface area contributed by atoms with Crippen LogP contribution in [0.2, 0.25) is 0 Å². The Morgan fingerprint density at radius 2 is 1.70 bits per heavy atom. The molecule has 0 spiro atoms. The summed E-state index contributed by atoms with van der Waals surface area (Å²) in [4.78, 5) is 23.4. The summed E-state index contributed by atoms with van der Waals surface area (Å²) in [6, 6.07) is 0.325. The van der Waals surface area contributed by atoms with Crippen molar-refractivity contribution < 1.29 is 14.3 Å². The Balaban J connectivity index is 1.53. The maximum atomic E-state index is 11.8. The lowest BCUT2D eigenvalue weighted by atomic mass is 9.95. The molecule has 1 aliphatic heterocycles. The van der Waals surface area contributed by atoms with Crippen LogP contribution in [0.4, 0.5) is 0 Å². The molecule has 0 aromatic carbocycles. The van der Waals surface area contributed by atoms with Crippen molar-refractivity contribution in [1.82, 2.24) is 10.6 Å². The summed E-state index contributed by atoms with van der Waals surface area (Å²) in [6.07, 6.45) is 8.65. The normalized spacial score (nSPS) is 23.5. The average Bonchev–Trinajstić information content (AvgIpc) is 2.97. The number of hydrogen-bond donors (Lipinski definition) is 2. The van der Waals surface area contributed by atoms with Crippen LogP contribution in [0.1, 0.15) is 57.8 Å². The summed E-state index contributed by atoms with van der Waals surface area (Å²) in [6.45, 7) is 1.37. The van der Waals surface area contributed by atoms with E-state index >= 15 is 0 Å². The van der Waals surface area contributed by atoms with Crippen LogP contribution < -0.4 is 10.6 Å². The highest BCUT2D eigenvalue weighted by Gasteiger charge is 2.18. The SMILES string of the molecule is O=C(CCC(=O)NC1CCCCC1)NC[C@H]1CCCO1. The molecule has 2 fully saturated rings. The molecule has 0 aromatic heterocycles. The van der Waals surface area contributed by atoms with Crippen molar-refractivity contribution in [3.05, 3.63) is 0 Å². The Labute approximate surface area is 120 Å². The van der Waals surface area contributed by atoms with Crippen LogP contribution in [0.25, 0.3) is 0 Å². The second-order valence-electron chi connectivity index (χ2n) is 5.84. The van der Waals surface area contributed by atoms with E-state index in [4.69, 9.17) is 4.74 Å². The Kier molecular flexibility index (Phi) is 6.30. The zero-order valence-corrected chi connectivity index (χ0v) is 12.2. The van der Waals surface area contributed by atoms with Crippen molar-refractivity contribution in [2.75, 3.05) is 13.2 Å². The fourth-order valence-electron chi connectivity index (χ4n) is 2.90. The largest absolute Gasteiger partial charge is 0.376 e. The molecule has 1 aliphatic carbocycles. The zero-order chi connectivity index (χ0) is 14.2. The van der Waals surface area contributed by atoms with Crippen molar-refractivity contribution >= 4 is 11.8 Å². The maximum absolute atomic E-state index is 11.8. The van der Waals surface area contributed by atoms with Crippen LogP contribution in [0.5, 0.6) is 0 Å². The highest BCUT2D eigenvalue weighted by molar-refractivity contribution is 5.83. The number of amides is 2. The van der Waals surface area contributed by atoms with Crippen molar-refractivity contribution in [2.24, 2.45) is 0 Å². The topological polar surface area (TPSA) is 67.4 Å². The summed E-state index contributed by atoms with van der Waals surface area (Å²) in [7, 11) is 0. The summed E-state index contributed by atoms with van der Waals surface area (Å²) in [5.41, 5.74) is 0. The summed E-state index contributed by atoms with van der Waals surface area (Å²) in [5, 5.41) is 5.87. The van der Waals surface area contributed by atoms with Gasteiger partial charge in [0.25, 0.3) is 0 Å². The van der Waals surface area contributed by atoms with Gasteiger partial charge in [0.1, 0.15) is 0 Å². The first-order chi connectivity index (χ1) is 9.74. The van der Waals surface area contributed by atoms with E-state index in [2.05, 4.69) is 10.6 Å². The van der Waals surface area contributed by atoms with Gasteiger partial charge in [-0.1, -0.05) is 19.3 Å². The smallest absolute Gasteiger partial charge is 0.220 e. The third-order valence-electron chi connectivity index (χ3n) is 4.10. The molecule has 1 heterocycles. The van der Waals surface area contributed by atoms with Crippen molar-refractivity contribution in [3.8, 4) is 0 Å². The van der Waals surface area contributed by atoms with E-state index in [9.17, 15) is 9.59 Å².